The van der Waals surface area contributed by atoms with Crippen molar-refractivity contribution in [3.05, 3.63) is 98.5 Å². The maximum atomic E-state index is 13.0. The molecule has 0 saturated carbocycles. The third-order valence-electron chi connectivity index (χ3n) is 5.01. The van der Waals surface area contributed by atoms with Gasteiger partial charge in [0.25, 0.3) is 17.4 Å². The van der Waals surface area contributed by atoms with E-state index in [1.165, 1.54) is 29.4 Å². The number of nitro groups is 1. The van der Waals surface area contributed by atoms with Gasteiger partial charge in [-0.2, -0.15) is 0 Å². The second-order valence-electron chi connectivity index (χ2n) is 6.92. The lowest BCUT2D eigenvalue weighted by molar-refractivity contribution is -0.384. The molecule has 1 atom stereocenters. The van der Waals surface area contributed by atoms with Gasteiger partial charge in [0.15, 0.2) is 0 Å². The van der Waals surface area contributed by atoms with Crippen LogP contribution in [0, 0.1) is 17.0 Å². The van der Waals surface area contributed by atoms with Crippen molar-refractivity contribution in [2.75, 3.05) is 4.90 Å². The van der Waals surface area contributed by atoms with Crippen LogP contribution >= 0.6 is 11.6 Å². The first-order valence-corrected chi connectivity index (χ1v) is 9.52. The maximum absolute atomic E-state index is 13.0. The summed E-state index contributed by atoms with van der Waals surface area (Å²) in [5.41, 5.74) is 0.611. The molecule has 1 unspecified atom stereocenters. The highest BCUT2D eigenvalue weighted by molar-refractivity contribution is 6.51. The number of ketones is 1. The number of aryl methyl sites for hydroxylation is 1. The average Bonchev–Trinajstić information content (AvgIpc) is 3.35. The van der Waals surface area contributed by atoms with Crippen LogP contribution in [0.4, 0.5) is 11.4 Å². The molecule has 1 N–H and O–H groups in total. The number of aliphatic hydroxyl groups is 1. The highest BCUT2D eigenvalue weighted by Gasteiger charge is 2.48. The standard InChI is InChI=1S/C22H15ClN2O6/c1-12-10-14(23)7-8-16(12)24-19(17-6-3-9-31-17)18(21(27)22(24)28)20(26)13-4-2-5-15(11-13)25(29)30/h2-11,19,26H,1H3/b20-18-. The van der Waals surface area contributed by atoms with E-state index in [-0.39, 0.29) is 22.6 Å². The van der Waals surface area contributed by atoms with E-state index in [2.05, 4.69) is 0 Å². The number of halogens is 1. The predicted octanol–water partition coefficient (Wildman–Crippen LogP) is 4.78. The molecule has 0 spiro atoms. The van der Waals surface area contributed by atoms with E-state index in [0.29, 0.717) is 16.3 Å². The molecule has 3 aromatic rings. The number of carbonyl (C=O) groups excluding carboxylic acids is 2. The summed E-state index contributed by atoms with van der Waals surface area (Å²) in [6.45, 7) is 1.74. The van der Waals surface area contributed by atoms with E-state index in [1.54, 1.807) is 37.3 Å². The van der Waals surface area contributed by atoms with E-state index < -0.39 is 28.4 Å². The molecule has 1 amide bonds. The molecule has 1 saturated heterocycles. The number of nitro benzene ring substituents is 1. The van der Waals surface area contributed by atoms with E-state index in [4.69, 9.17) is 16.0 Å². The molecule has 31 heavy (non-hydrogen) atoms. The zero-order valence-electron chi connectivity index (χ0n) is 16.1. The second kappa shape index (κ2) is 7.73. The molecule has 9 heteroatoms. The molecule has 1 aliphatic rings. The fourth-order valence-corrected chi connectivity index (χ4v) is 3.84. The molecule has 0 radical (unpaired) electrons. The zero-order valence-corrected chi connectivity index (χ0v) is 16.9. The molecule has 2 heterocycles. The fourth-order valence-electron chi connectivity index (χ4n) is 3.61. The van der Waals surface area contributed by atoms with Crippen LogP contribution in [0.15, 0.2) is 70.9 Å². The van der Waals surface area contributed by atoms with Gasteiger partial charge in [0.2, 0.25) is 0 Å². The van der Waals surface area contributed by atoms with Crippen molar-refractivity contribution in [3.8, 4) is 0 Å². The molecule has 4 rings (SSSR count). The summed E-state index contributed by atoms with van der Waals surface area (Å²) in [7, 11) is 0. The maximum Gasteiger partial charge on any atom is 0.300 e. The highest BCUT2D eigenvalue weighted by Crippen LogP contribution is 2.43. The summed E-state index contributed by atoms with van der Waals surface area (Å²) in [5.74, 6) is -2.07. The predicted molar refractivity (Wildman–Crippen MR) is 113 cm³/mol. The van der Waals surface area contributed by atoms with E-state index in [1.807, 2.05) is 0 Å². The number of rotatable bonds is 4. The van der Waals surface area contributed by atoms with Crippen molar-refractivity contribution in [3.63, 3.8) is 0 Å². The Morgan fingerprint density at radius 2 is 1.94 bits per heavy atom. The Hall–Kier alpha value is -3.91. The van der Waals surface area contributed by atoms with Crippen molar-refractivity contribution in [1.82, 2.24) is 0 Å². The van der Waals surface area contributed by atoms with Crippen molar-refractivity contribution in [2.24, 2.45) is 0 Å². The van der Waals surface area contributed by atoms with Gasteiger partial charge in [0.05, 0.1) is 16.8 Å². The largest absolute Gasteiger partial charge is 0.507 e. The Morgan fingerprint density at radius 3 is 2.58 bits per heavy atom. The van der Waals surface area contributed by atoms with Gasteiger partial charge in [-0.05, 0) is 42.8 Å². The van der Waals surface area contributed by atoms with Crippen molar-refractivity contribution in [1.29, 1.82) is 0 Å². The summed E-state index contributed by atoms with van der Waals surface area (Å²) < 4.78 is 5.48. The van der Waals surface area contributed by atoms with Gasteiger partial charge in [-0.15, -0.1) is 0 Å². The number of furan rings is 1. The van der Waals surface area contributed by atoms with Crippen LogP contribution in [-0.4, -0.2) is 21.7 Å². The number of aliphatic hydroxyl groups excluding tert-OH is 1. The van der Waals surface area contributed by atoms with Crippen LogP contribution in [-0.2, 0) is 9.59 Å². The Kier molecular flexibility index (Phi) is 5.08. The van der Waals surface area contributed by atoms with Crippen molar-refractivity contribution >= 4 is 40.4 Å². The molecular weight excluding hydrogens is 424 g/mol. The lowest BCUT2D eigenvalue weighted by Gasteiger charge is -2.25. The normalized spacial score (nSPS) is 17.9. The third-order valence-corrected chi connectivity index (χ3v) is 5.24. The number of benzene rings is 2. The number of nitrogens with zero attached hydrogens (tertiary/aromatic N) is 2. The average molecular weight is 439 g/mol. The van der Waals surface area contributed by atoms with Gasteiger partial charge >= 0.3 is 0 Å². The van der Waals surface area contributed by atoms with Crippen LogP contribution in [0.1, 0.15) is 22.9 Å². The topological polar surface area (TPSA) is 114 Å². The Balaban J connectivity index is 1.94. The summed E-state index contributed by atoms with van der Waals surface area (Å²) >= 11 is 6.03. The summed E-state index contributed by atoms with van der Waals surface area (Å²) in [6, 6.07) is 12.1. The summed E-state index contributed by atoms with van der Waals surface area (Å²) in [5, 5.41) is 22.5. The zero-order chi connectivity index (χ0) is 22.3. The lowest BCUT2D eigenvalue weighted by Crippen LogP contribution is -2.29. The lowest BCUT2D eigenvalue weighted by atomic mass is 9.98. The van der Waals surface area contributed by atoms with Gasteiger partial charge in [-0.1, -0.05) is 23.7 Å². The minimum atomic E-state index is -1.06. The van der Waals surface area contributed by atoms with Gasteiger partial charge in [0, 0.05) is 28.4 Å². The van der Waals surface area contributed by atoms with Crippen molar-refractivity contribution < 1.29 is 24.0 Å². The molecule has 1 aromatic heterocycles. The number of anilines is 1. The van der Waals surface area contributed by atoms with Crippen LogP contribution < -0.4 is 4.90 Å². The van der Waals surface area contributed by atoms with Gasteiger partial charge in [-0.3, -0.25) is 24.6 Å². The first-order valence-electron chi connectivity index (χ1n) is 9.15. The van der Waals surface area contributed by atoms with Crippen LogP contribution in [0.25, 0.3) is 5.76 Å². The number of Topliss-reactive ketones (excluding diaryl/α,β-unsaturated/α-hetero) is 1. The van der Waals surface area contributed by atoms with E-state index in [0.717, 1.165) is 6.07 Å². The summed E-state index contributed by atoms with van der Waals surface area (Å²) in [4.78, 5) is 37.8. The van der Waals surface area contributed by atoms with Crippen LogP contribution in [0.2, 0.25) is 5.02 Å². The molecule has 1 fully saturated rings. The first-order chi connectivity index (χ1) is 14.8. The van der Waals surface area contributed by atoms with Gasteiger partial charge in [0.1, 0.15) is 17.6 Å². The molecule has 2 aromatic carbocycles. The van der Waals surface area contributed by atoms with Gasteiger partial charge < -0.3 is 9.52 Å². The van der Waals surface area contributed by atoms with E-state index >= 15 is 0 Å². The molecule has 156 valence electrons. The number of carbonyl (C=O) groups is 2. The van der Waals surface area contributed by atoms with E-state index in [9.17, 15) is 24.8 Å². The smallest absolute Gasteiger partial charge is 0.300 e. The molecular formula is C22H15ClN2O6. The number of amides is 1. The van der Waals surface area contributed by atoms with Crippen LogP contribution in [0.3, 0.4) is 0 Å². The van der Waals surface area contributed by atoms with Crippen LogP contribution in [0.5, 0.6) is 0 Å². The Labute approximate surface area is 181 Å². The molecule has 1 aliphatic heterocycles. The Morgan fingerprint density at radius 1 is 1.16 bits per heavy atom. The molecule has 0 bridgehead atoms. The Bertz CT molecular complexity index is 1250. The molecule has 0 aliphatic carbocycles. The monoisotopic (exact) mass is 438 g/mol. The third kappa shape index (κ3) is 3.47. The van der Waals surface area contributed by atoms with Gasteiger partial charge in [-0.25, -0.2) is 0 Å². The molecule has 8 nitrogen and oxygen atoms in total. The minimum absolute atomic E-state index is 0.0385. The number of hydrogen-bond acceptors (Lipinski definition) is 6. The minimum Gasteiger partial charge on any atom is -0.507 e. The first kappa shape index (κ1) is 20.4. The quantitative estimate of drug-likeness (QED) is 0.206. The highest BCUT2D eigenvalue weighted by atomic mass is 35.5. The second-order valence-corrected chi connectivity index (χ2v) is 7.36. The van der Waals surface area contributed by atoms with Crippen molar-refractivity contribution in [2.45, 2.75) is 13.0 Å². The number of hydrogen-bond donors (Lipinski definition) is 1. The summed E-state index contributed by atoms with van der Waals surface area (Å²) in [6.07, 6.45) is 1.39. The fraction of sp³-hybridized carbons (Fsp3) is 0.0909. The number of non-ortho nitro benzene ring substituents is 1. The SMILES string of the molecule is Cc1cc(Cl)ccc1N1C(=O)C(=O)/C(=C(\O)c2cccc([N+](=O)[O-])c2)C1c1ccco1.